The Morgan fingerprint density at radius 2 is 2.00 bits per heavy atom. The topological polar surface area (TPSA) is 56.4 Å². The summed E-state index contributed by atoms with van der Waals surface area (Å²) in [4.78, 5) is 14.0. The lowest BCUT2D eigenvalue weighted by atomic mass is 9.74. The number of nitrogens with zero attached hydrogens (tertiary/aromatic N) is 1. The van der Waals surface area contributed by atoms with Gasteiger partial charge in [0.15, 0.2) is 0 Å². The summed E-state index contributed by atoms with van der Waals surface area (Å²) in [5.74, 6) is -0.150. The molecule has 0 bridgehead atoms. The van der Waals surface area contributed by atoms with Gasteiger partial charge in [0, 0.05) is 43.5 Å². The minimum atomic E-state index is -4.43. The van der Waals surface area contributed by atoms with Crippen LogP contribution in [0.2, 0.25) is 0 Å². The van der Waals surface area contributed by atoms with Gasteiger partial charge in [-0.05, 0) is 70.2 Å². The molecule has 0 spiro atoms. The number of piperidine rings is 1. The second-order valence-corrected chi connectivity index (χ2v) is 11.2. The molecule has 2 fully saturated rings. The molecule has 3 N–H and O–H groups in total. The maximum Gasteiger partial charge on any atom is 0.395 e. The first-order valence-corrected chi connectivity index (χ1v) is 13.1. The van der Waals surface area contributed by atoms with Crippen molar-refractivity contribution in [2.24, 2.45) is 5.41 Å². The average Bonchev–Trinajstić information content (AvgIpc) is 2.80. The first kappa shape index (κ1) is 27.6. The minimum absolute atomic E-state index is 0.150. The second-order valence-electron chi connectivity index (χ2n) is 11.2. The fourth-order valence-corrected chi connectivity index (χ4v) is 5.28. The first-order chi connectivity index (χ1) is 17.5. The number of anilines is 1. The lowest BCUT2D eigenvalue weighted by Crippen LogP contribution is -2.50. The van der Waals surface area contributed by atoms with E-state index >= 15 is 0 Å². The highest BCUT2D eigenvalue weighted by Crippen LogP contribution is 2.50. The molecule has 0 radical (unpaired) electrons. The smallest absolute Gasteiger partial charge is 0.379 e. The zero-order valence-corrected chi connectivity index (χ0v) is 21.8. The number of hydrogen-bond acceptors (Lipinski definition) is 4. The normalized spacial score (nSPS) is 26.9. The predicted octanol–water partition coefficient (Wildman–Crippen LogP) is 5.07. The third-order valence-electron chi connectivity index (χ3n) is 7.96. The van der Waals surface area contributed by atoms with Crippen LogP contribution in [0.1, 0.15) is 56.7 Å². The Bertz CT molecular complexity index is 1030. The Morgan fingerprint density at radius 3 is 2.65 bits per heavy atom. The highest BCUT2D eigenvalue weighted by atomic mass is 19.4. The summed E-state index contributed by atoms with van der Waals surface area (Å²) < 4.78 is 57.2. The number of hydrogen-bond donors (Lipinski definition) is 3. The maximum absolute atomic E-state index is 14.8. The summed E-state index contributed by atoms with van der Waals surface area (Å²) >= 11 is 0. The van der Waals surface area contributed by atoms with E-state index in [1.165, 1.54) is 13.8 Å². The molecule has 3 aliphatic rings. The Kier molecular flexibility index (Phi) is 8.33. The molecular formula is C28H38F4N4O. The van der Waals surface area contributed by atoms with Crippen LogP contribution in [0.3, 0.4) is 0 Å². The molecule has 1 aromatic carbocycles. The molecule has 2 aliphatic heterocycles. The Morgan fingerprint density at radius 1 is 1.24 bits per heavy atom. The SMILES string of the molecule is CN1CC[C@@H](Nc2cccc3c2CC(/C=C/CNC(=O)C=C2CCC2)NC3C(C)(C)C(F)(F)F)[C@@H](F)C1. The molecule has 5 nitrogen and oxygen atoms in total. The molecule has 2 unspecified atom stereocenters. The number of allylic oxidation sites excluding steroid dienone is 1. The molecule has 1 aliphatic carbocycles. The standard InChI is InChI=1S/C28H38F4N4O/c1-27(2,28(30,31)32)26-20-10-5-11-23(35-24-12-14-36(3)17-22(24)29)21(20)16-19(34-26)9-6-13-33-25(37)15-18-7-4-8-18/h5-6,9-11,15,19,22,24,26,34-35H,4,7-8,12-14,16-17H2,1-3H3,(H,33,37)/b9-6+/t19?,22-,24+,26?/m0/s1. The van der Waals surface area contributed by atoms with Gasteiger partial charge in [0.1, 0.15) is 6.17 Å². The third-order valence-corrected chi connectivity index (χ3v) is 7.96. The van der Waals surface area contributed by atoms with Gasteiger partial charge in [-0.1, -0.05) is 29.9 Å². The zero-order valence-electron chi connectivity index (χ0n) is 21.8. The monoisotopic (exact) mass is 522 g/mol. The number of carbonyl (C=O) groups excluding carboxylic acids is 1. The van der Waals surface area contributed by atoms with E-state index in [0.717, 1.165) is 36.9 Å². The van der Waals surface area contributed by atoms with Crippen LogP contribution in [0.4, 0.5) is 23.2 Å². The number of fused-ring (bicyclic) bond motifs is 1. The Balaban J connectivity index is 1.55. The van der Waals surface area contributed by atoms with Crippen LogP contribution in [-0.2, 0) is 11.2 Å². The Labute approximate surface area is 216 Å². The van der Waals surface area contributed by atoms with Gasteiger partial charge in [-0.3, -0.25) is 4.79 Å². The number of halogens is 4. The van der Waals surface area contributed by atoms with Crippen molar-refractivity contribution >= 4 is 11.6 Å². The average molecular weight is 523 g/mol. The molecule has 204 valence electrons. The number of rotatable bonds is 7. The van der Waals surface area contributed by atoms with Crippen molar-refractivity contribution in [3.05, 3.63) is 53.1 Å². The van der Waals surface area contributed by atoms with E-state index in [2.05, 4.69) is 16.0 Å². The van der Waals surface area contributed by atoms with Crippen molar-refractivity contribution in [2.75, 3.05) is 32.0 Å². The zero-order chi connectivity index (χ0) is 26.8. The van der Waals surface area contributed by atoms with Gasteiger partial charge >= 0.3 is 6.18 Å². The van der Waals surface area contributed by atoms with E-state index < -0.39 is 23.8 Å². The molecule has 1 saturated heterocycles. The van der Waals surface area contributed by atoms with E-state index in [1.54, 1.807) is 24.3 Å². The van der Waals surface area contributed by atoms with E-state index in [1.807, 2.05) is 24.1 Å². The van der Waals surface area contributed by atoms with Crippen LogP contribution < -0.4 is 16.0 Å². The molecule has 9 heteroatoms. The van der Waals surface area contributed by atoms with Crippen LogP contribution in [0.15, 0.2) is 42.0 Å². The third kappa shape index (κ3) is 6.37. The summed E-state index contributed by atoms with van der Waals surface area (Å²) in [7, 11) is 1.88. The summed E-state index contributed by atoms with van der Waals surface area (Å²) in [6.45, 7) is 3.80. The van der Waals surface area contributed by atoms with Gasteiger partial charge in [-0.15, -0.1) is 0 Å². The van der Waals surface area contributed by atoms with Crippen LogP contribution in [0.5, 0.6) is 0 Å². The van der Waals surface area contributed by atoms with Crippen molar-refractivity contribution < 1.29 is 22.4 Å². The highest BCUT2D eigenvalue weighted by Gasteiger charge is 2.54. The van der Waals surface area contributed by atoms with E-state index in [4.69, 9.17) is 0 Å². The van der Waals surface area contributed by atoms with Gasteiger partial charge < -0.3 is 20.9 Å². The van der Waals surface area contributed by atoms with Crippen molar-refractivity contribution in [3.8, 4) is 0 Å². The maximum atomic E-state index is 14.8. The lowest BCUT2D eigenvalue weighted by molar-refractivity contribution is -0.223. The molecule has 1 aromatic rings. The number of nitrogens with one attached hydrogen (secondary N) is 3. The lowest BCUT2D eigenvalue weighted by Gasteiger charge is -2.43. The summed E-state index contributed by atoms with van der Waals surface area (Å²) in [5.41, 5.74) is 1.16. The van der Waals surface area contributed by atoms with E-state index in [-0.39, 0.29) is 18.0 Å². The summed E-state index contributed by atoms with van der Waals surface area (Å²) in [5, 5.41) is 9.34. The fraction of sp³-hybridized carbons (Fsp3) is 0.607. The molecular weight excluding hydrogens is 484 g/mol. The number of benzene rings is 1. The van der Waals surface area contributed by atoms with E-state index in [0.29, 0.717) is 37.2 Å². The van der Waals surface area contributed by atoms with Gasteiger partial charge in [0.25, 0.3) is 0 Å². The number of alkyl halides is 4. The van der Waals surface area contributed by atoms with Gasteiger partial charge in [-0.25, -0.2) is 4.39 Å². The molecule has 0 aromatic heterocycles. The fourth-order valence-electron chi connectivity index (χ4n) is 5.28. The molecule has 4 atom stereocenters. The highest BCUT2D eigenvalue weighted by molar-refractivity contribution is 5.88. The molecule has 1 saturated carbocycles. The van der Waals surface area contributed by atoms with Crippen LogP contribution in [0, 0.1) is 5.41 Å². The van der Waals surface area contributed by atoms with Crippen LogP contribution in [0.25, 0.3) is 0 Å². The first-order valence-electron chi connectivity index (χ1n) is 13.1. The number of amides is 1. The summed E-state index contributed by atoms with van der Waals surface area (Å²) in [6.07, 6.45) is 3.86. The van der Waals surface area contributed by atoms with Crippen molar-refractivity contribution in [1.29, 1.82) is 0 Å². The molecule has 37 heavy (non-hydrogen) atoms. The van der Waals surface area contributed by atoms with Gasteiger partial charge in [-0.2, -0.15) is 13.2 Å². The minimum Gasteiger partial charge on any atom is -0.379 e. The Hall–Kier alpha value is -2.39. The quantitative estimate of drug-likeness (QED) is 0.266. The molecule has 2 heterocycles. The van der Waals surface area contributed by atoms with Crippen LogP contribution >= 0.6 is 0 Å². The van der Waals surface area contributed by atoms with Crippen molar-refractivity contribution in [1.82, 2.24) is 15.5 Å². The number of likely N-dealkylation sites (tertiary alicyclic amines) is 1. The van der Waals surface area contributed by atoms with Crippen molar-refractivity contribution in [3.63, 3.8) is 0 Å². The van der Waals surface area contributed by atoms with E-state index in [9.17, 15) is 22.4 Å². The molecule has 1 amide bonds. The second kappa shape index (κ2) is 11.2. The van der Waals surface area contributed by atoms with Crippen molar-refractivity contribution in [2.45, 2.75) is 76.4 Å². The van der Waals surface area contributed by atoms with Gasteiger partial charge in [0.05, 0.1) is 11.5 Å². The van der Waals surface area contributed by atoms with Crippen LogP contribution in [-0.4, -0.2) is 61.9 Å². The summed E-state index contributed by atoms with van der Waals surface area (Å²) in [6, 6.07) is 3.57. The largest absolute Gasteiger partial charge is 0.395 e. The molecule has 4 rings (SSSR count). The predicted molar refractivity (Wildman–Crippen MR) is 138 cm³/mol. The van der Waals surface area contributed by atoms with Gasteiger partial charge in [0.2, 0.25) is 5.91 Å². The number of carbonyl (C=O) groups is 1.